The van der Waals surface area contributed by atoms with E-state index in [1.165, 1.54) is 58.5 Å². The SMILES string of the molecule is COC(=O)COCCOCCNC(=O)COCCOCCNC(=O)CC[C@H](NC(=O)CCCCCCCCCCCCCCCCC(=O)OC(C)(C)C)C(=O)OC(C)(C)C. The smallest absolute Gasteiger partial charge is 0.331 e. The molecule has 0 heterocycles. The monoisotopic (exact) mass is 860 g/mol. The van der Waals surface area contributed by atoms with Crippen LogP contribution in [0.1, 0.15) is 157 Å². The van der Waals surface area contributed by atoms with E-state index in [1.54, 1.807) is 20.8 Å². The Morgan fingerprint density at radius 2 is 0.883 bits per heavy atom. The normalized spacial score (nSPS) is 12.1. The van der Waals surface area contributed by atoms with Crippen LogP contribution in [0.3, 0.4) is 0 Å². The van der Waals surface area contributed by atoms with Gasteiger partial charge in [0, 0.05) is 32.4 Å². The molecular formula is C44H81N3O13. The van der Waals surface area contributed by atoms with E-state index in [2.05, 4.69) is 20.7 Å². The third-order valence-corrected chi connectivity index (χ3v) is 8.70. The standard InChI is InChI=1S/C44H81N3O13/c1-43(2,3)59-40(51)23-21-19-17-15-13-11-9-8-10-12-14-16-18-20-22-38(49)47-36(42(53)60-44(4,5)6)24-25-37(48)45-26-28-55-30-32-57-34-39(50)46-27-29-56-31-33-58-35-41(52)54-7/h36H,8-35H2,1-7H3,(H,45,48)(H,46,50)(H,47,49)/t36-/m0/s1. The van der Waals surface area contributed by atoms with Gasteiger partial charge in [0.1, 0.15) is 30.5 Å². The molecule has 0 aromatic carbocycles. The molecule has 0 aliphatic heterocycles. The van der Waals surface area contributed by atoms with Crippen LogP contribution in [0.15, 0.2) is 0 Å². The van der Waals surface area contributed by atoms with E-state index in [9.17, 15) is 28.8 Å². The molecule has 1 atom stereocenters. The van der Waals surface area contributed by atoms with Gasteiger partial charge in [-0.25, -0.2) is 9.59 Å². The maximum atomic E-state index is 12.9. The first kappa shape index (κ1) is 56.7. The number of nitrogens with one attached hydrogen (secondary N) is 3. The van der Waals surface area contributed by atoms with Crippen LogP contribution in [-0.2, 0) is 61.9 Å². The quantitative estimate of drug-likeness (QED) is 0.0391. The summed E-state index contributed by atoms with van der Waals surface area (Å²) in [5, 5.41) is 8.19. The van der Waals surface area contributed by atoms with Gasteiger partial charge in [-0.15, -0.1) is 0 Å². The lowest BCUT2D eigenvalue weighted by Gasteiger charge is -2.24. The van der Waals surface area contributed by atoms with E-state index >= 15 is 0 Å². The van der Waals surface area contributed by atoms with Gasteiger partial charge < -0.3 is 49.1 Å². The Labute approximate surface area is 360 Å². The minimum Gasteiger partial charge on any atom is -0.467 e. The summed E-state index contributed by atoms with van der Waals surface area (Å²) in [6.45, 7) is 12.7. The molecule has 3 amide bonds. The number of methoxy groups -OCH3 is 1. The lowest BCUT2D eigenvalue weighted by molar-refractivity contribution is -0.159. The number of unbranched alkanes of at least 4 members (excludes halogenated alkanes) is 13. The minimum absolute atomic E-state index is 0.0218. The van der Waals surface area contributed by atoms with Crippen molar-refractivity contribution in [3.8, 4) is 0 Å². The Kier molecular flexibility index (Phi) is 34.3. The van der Waals surface area contributed by atoms with Crippen LogP contribution >= 0.6 is 0 Å². The number of esters is 3. The van der Waals surface area contributed by atoms with Crippen molar-refractivity contribution in [3.05, 3.63) is 0 Å². The van der Waals surface area contributed by atoms with Gasteiger partial charge in [-0.2, -0.15) is 0 Å². The summed E-state index contributed by atoms with van der Waals surface area (Å²) in [5.74, 6) is -1.94. The number of amides is 3. The molecule has 0 aromatic rings. The zero-order valence-electron chi connectivity index (χ0n) is 38.2. The third kappa shape index (κ3) is 40.1. The summed E-state index contributed by atoms with van der Waals surface area (Å²) in [6.07, 6.45) is 16.6. The molecule has 0 rings (SSSR count). The molecule has 350 valence electrons. The molecule has 0 fully saturated rings. The Bertz CT molecular complexity index is 1170. The Morgan fingerprint density at radius 3 is 1.37 bits per heavy atom. The average molecular weight is 860 g/mol. The highest BCUT2D eigenvalue weighted by Crippen LogP contribution is 2.16. The maximum absolute atomic E-state index is 12.9. The lowest BCUT2D eigenvalue weighted by atomic mass is 10.0. The second kappa shape index (κ2) is 36.3. The van der Waals surface area contributed by atoms with E-state index in [4.69, 9.17) is 28.4 Å². The van der Waals surface area contributed by atoms with E-state index in [0.717, 1.165) is 38.5 Å². The molecule has 0 spiro atoms. The van der Waals surface area contributed by atoms with Crippen LogP contribution in [0, 0.1) is 0 Å². The molecule has 0 unspecified atom stereocenters. The van der Waals surface area contributed by atoms with Crippen molar-refractivity contribution in [2.75, 3.05) is 73.1 Å². The zero-order valence-corrected chi connectivity index (χ0v) is 38.2. The molecule has 0 saturated heterocycles. The van der Waals surface area contributed by atoms with Crippen LogP contribution < -0.4 is 16.0 Å². The highest BCUT2D eigenvalue weighted by Gasteiger charge is 2.27. The van der Waals surface area contributed by atoms with Crippen LogP contribution in [0.4, 0.5) is 0 Å². The van der Waals surface area contributed by atoms with Crippen LogP contribution in [-0.4, -0.2) is 126 Å². The fourth-order valence-electron chi connectivity index (χ4n) is 5.72. The molecule has 16 nitrogen and oxygen atoms in total. The molecule has 16 heteroatoms. The van der Waals surface area contributed by atoms with Crippen molar-refractivity contribution in [2.45, 2.75) is 174 Å². The number of hydrogen-bond donors (Lipinski definition) is 3. The van der Waals surface area contributed by atoms with E-state index in [-0.39, 0.29) is 95.9 Å². The van der Waals surface area contributed by atoms with E-state index in [1.807, 2.05) is 20.8 Å². The summed E-state index contributed by atoms with van der Waals surface area (Å²) in [4.78, 5) is 72.7. The Hall–Kier alpha value is -3.34. The number of carbonyl (C=O) groups excluding carboxylic acids is 6. The lowest BCUT2D eigenvalue weighted by Crippen LogP contribution is -2.44. The third-order valence-electron chi connectivity index (χ3n) is 8.70. The minimum atomic E-state index is -0.927. The van der Waals surface area contributed by atoms with Crippen molar-refractivity contribution >= 4 is 35.6 Å². The van der Waals surface area contributed by atoms with Gasteiger partial charge in [0.25, 0.3) is 0 Å². The Morgan fingerprint density at radius 1 is 0.450 bits per heavy atom. The summed E-state index contributed by atoms with van der Waals surface area (Å²) < 4.78 is 36.4. The summed E-state index contributed by atoms with van der Waals surface area (Å²) in [7, 11) is 1.28. The van der Waals surface area contributed by atoms with Crippen molar-refractivity contribution in [3.63, 3.8) is 0 Å². The summed E-state index contributed by atoms with van der Waals surface area (Å²) >= 11 is 0. The average Bonchev–Trinajstić information content (AvgIpc) is 3.16. The number of ether oxygens (including phenoxy) is 7. The predicted molar refractivity (Wildman–Crippen MR) is 228 cm³/mol. The van der Waals surface area contributed by atoms with Crippen LogP contribution in [0.25, 0.3) is 0 Å². The van der Waals surface area contributed by atoms with Crippen molar-refractivity contribution in [1.82, 2.24) is 16.0 Å². The molecule has 0 aliphatic rings. The number of carbonyl (C=O) groups is 6. The van der Waals surface area contributed by atoms with Crippen LogP contribution in [0.2, 0.25) is 0 Å². The summed E-state index contributed by atoms with van der Waals surface area (Å²) in [5.41, 5.74) is -1.14. The highest BCUT2D eigenvalue weighted by molar-refractivity contribution is 5.85. The Balaban J connectivity index is 4.00. The zero-order chi connectivity index (χ0) is 44.9. The van der Waals surface area contributed by atoms with Gasteiger partial charge in [-0.1, -0.05) is 77.0 Å². The molecule has 0 bridgehead atoms. The fourth-order valence-corrected chi connectivity index (χ4v) is 5.72. The molecule has 0 saturated carbocycles. The van der Waals surface area contributed by atoms with Crippen molar-refractivity contribution in [2.24, 2.45) is 0 Å². The molecule has 0 radical (unpaired) electrons. The van der Waals surface area contributed by atoms with Gasteiger partial charge in [-0.05, 0) is 60.8 Å². The van der Waals surface area contributed by atoms with Gasteiger partial charge in [0.05, 0.1) is 46.8 Å². The molecule has 0 aliphatic carbocycles. The molecule has 3 N–H and O–H groups in total. The maximum Gasteiger partial charge on any atom is 0.331 e. The van der Waals surface area contributed by atoms with Gasteiger partial charge in [0.2, 0.25) is 17.7 Å². The fraction of sp³-hybridized carbons (Fsp3) is 0.864. The van der Waals surface area contributed by atoms with Crippen molar-refractivity contribution < 1.29 is 61.9 Å². The van der Waals surface area contributed by atoms with Crippen molar-refractivity contribution in [1.29, 1.82) is 0 Å². The second-order valence-electron chi connectivity index (χ2n) is 16.8. The summed E-state index contributed by atoms with van der Waals surface area (Å²) in [6, 6.07) is -0.927. The van der Waals surface area contributed by atoms with Crippen LogP contribution in [0.5, 0.6) is 0 Å². The van der Waals surface area contributed by atoms with Gasteiger partial charge in [-0.3, -0.25) is 19.2 Å². The van der Waals surface area contributed by atoms with Gasteiger partial charge in [0.15, 0.2) is 0 Å². The number of hydrogen-bond acceptors (Lipinski definition) is 13. The second-order valence-corrected chi connectivity index (χ2v) is 16.8. The topological polar surface area (TPSA) is 203 Å². The highest BCUT2D eigenvalue weighted by atomic mass is 16.6. The number of rotatable bonds is 38. The molecule has 0 aromatic heterocycles. The van der Waals surface area contributed by atoms with E-state index < -0.39 is 29.2 Å². The molecular weight excluding hydrogens is 778 g/mol. The largest absolute Gasteiger partial charge is 0.467 e. The predicted octanol–water partition coefficient (Wildman–Crippen LogP) is 5.65. The first-order valence-corrected chi connectivity index (χ1v) is 22.2. The first-order valence-electron chi connectivity index (χ1n) is 22.2. The van der Waals surface area contributed by atoms with Gasteiger partial charge >= 0.3 is 17.9 Å². The molecule has 60 heavy (non-hydrogen) atoms. The van der Waals surface area contributed by atoms with E-state index in [0.29, 0.717) is 19.4 Å². The first-order chi connectivity index (χ1) is 28.5.